The predicted octanol–water partition coefficient (Wildman–Crippen LogP) is 5.57. The molecule has 1 saturated carbocycles. The van der Waals surface area contributed by atoms with Crippen LogP contribution in [0, 0.1) is 18.8 Å². The standard InChI is InChI=1S/C30H44N2O3S/c1-24-10-7-8-13-29(24)30(31-2,25-11-5-4-6-12-25)26-18-21-32(22-19-26)20-9-23-35-27-14-16-28(17-15-27)36(3,33)34/h7-8,10,13-17,25-26,31H,4-6,9,11-12,18-23H2,1-3H3. The van der Waals surface area contributed by atoms with Gasteiger partial charge in [-0.2, -0.15) is 0 Å². The summed E-state index contributed by atoms with van der Waals surface area (Å²) in [7, 11) is -0.969. The van der Waals surface area contributed by atoms with E-state index in [-0.39, 0.29) is 5.54 Å². The predicted molar refractivity (Wildman–Crippen MR) is 147 cm³/mol. The first-order valence-corrected chi connectivity index (χ1v) is 15.6. The molecule has 0 radical (unpaired) electrons. The molecule has 2 aromatic carbocycles. The third-order valence-electron chi connectivity index (χ3n) is 8.62. The molecule has 1 heterocycles. The summed E-state index contributed by atoms with van der Waals surface area (Å²) in [6.45, 7) is 6.23. The minimum atomic E-state index is -3.17. The third kappa shape index (κ3) is 6.15. The van der Waals surface area contributed by atoms with Crippen LogP contribution in [0.25, 0.3) is 0 Å². The summed E-state index contributed by atoms with van der Waals surface area (Å²) >= 11 is 0. The summed E-state index contributed by atoms with van der Waals surface area (Å²) in [5.41, 5.74) is 3.01. The second kappa shape index (κ2) is 12.1. The van der Waals surface area contributed by atoms with Crippen molar-refractivity contribution in [1.29, 1.82) is 0 Å². The van der Waals surface area contributed by atoms with Crippen LogP contribution in [0.15, 0.2) is 53.4 Å². The average molecular weight is 513 g/mol. The van der Waals surface area contributed by atoms with Gasteiger partial charge in [0.1, 0.15) is 5.75 Å². The lowest BCUT2D eigenvalue weighted by Crippen LogP contribution is -2.56. The van der Waals surface area contributed by atoms with Gasteiger partial charge in [0.05, 0.1) is 11.5 Å². The molecule has 4 rings (SSSR count). The Kier molecular flexibility index (Phi) is 9.13. The SMILES string of the molecule is CNC(c1ccccc1C)(C1CCCCC1)C1CCN(CCCOc2ccc(S(C)(=O)=O)cc2)CC1. The van der Waals surface area contributed by atoms with Crippen LogP contribution in [0.5, 0.6) is 5.75 Å². The number of ether oxygens (including phenoxy) is 1. The number of piperidine rings is 1. The van der Waals surface area contributed by atoms with Gasteiger partial charge in [0.2, 0.25) is 0 Å². The zero-order valence-corrected chi connectivity index (χ0v) is 23.2. The number of nitrogens with zero attached hydrogens (tertiary/aromatic N) is 1. The van der Waals surface area contributed by atoms with E-state index in [0.717, 1.165) is 31.8 Å². The molecule has 2 aliphatic rings. The van der Waals surface area contributed by atoms with Gasteiger partial charge in [0, 0.05) is 18.3 Å². The van der Waals surface area contributed by atoms with Gasteiger partial charge in [0.15, 0.2) is 9.84 Å². The molecule has 0 aromatic heterocycles. The number of nitrogens with one attached hydrogen (secondary N) is 1. The van der Waals surface area contributed by atoms with Gasteiger partial charge >= 0.3 is 0 Å². The molecule has 2 aromatic rings. The van der Waals surface area contributed by atoms with Crippen LogP contribution in [0.3, 0.4) is 0 Å². The largest absolute Gasteiger partial charge is 0.494 e. The van der Waals surface area contributed by atoms with E-state index in [1.54, 1.807) is 24.3 Å². The Balaban J connectivity index is 1.33. The summed E-state index contributed by atoms with van der Waals surface area (Å²) in [5, 5.41) is 3.93. The summed E-state index contributed by atoms with van der Waals surface area (Å²) in [6.07, 6.45) is 11.4. The molecule has 5 nitrogen and oxygen atoms in total. The topological polar surface area (TPSA) is 58.6 Å². The molecule has 1 saturated heterocycles. The van der Waals surface area contributed by atoms with E-state index in [2.05, 4.69) is 48.5 Å². The highest BCUT2D eigenvalue weighted by Gasteiger charge is 2.47. The molecular weight excluding hydrogens is 468 g/mol. The molecule has 1 atom stereocenters. The number of rotatable bonds is 10. The van der Waals surface area contributed by atoms with Crippen LogP contribution in [0.2, 0.25) is 0 Å². The van der Waals surface area contributed by atoms with Crippen LogP contribution >= 0.6 is 0 Å². The number of benzene rings is 2. The molecular formula is C30H44N2O3S. The first-order valence-electron chi connectivity index (χ1n) is 13.7. The Morgan fingerprint density at radius 2 is 1.58 bits per heavy atom. The summed E-state index contributed by atoms with van der Waals surface area (Å²) < 4.78 is 29.1. The Bertz CT molecular complexity index is 1070. The molecule has 1 aliphatic carbocycles. The van der Waals surface area contributed by atoms with Crippen molar-refractivity contribution in [3.05, 3.63) is 59.7 Å². The van der Waals surface area contributed by atoms with Crippen LogP contribution in [0.4, 0.5) is 0 Å². The lowest BCUT2D eigenvalue weighted by Gasteiger charge is -2.51. The first kappa shape index (κ1) is 27.2. The van der Waals surface area contributed by atoms with Gasteiger partial charge in [-0.25, -0.2) is 8.42 Å². The van der Waals surface area contributed by atoms with Crippen molar-refractivity contribution >= 4 is 9.84 Å². The minimum absolute atomic E-state index is 0.0685. The van der Waals surface area contributed by atoms with Crippen molar-refractivity contribution in [2.45, 2.75) is 68.7 Å². The van der Waals surface area contributed by atoms with E-state index >= 15 is 0 Å². The maximum Gasteiger partial charge on any atom is 0.175 e. The van der Waals surface area contributed by atoms with E-state index in [1.165, 1.54) is 62.3 Å². The molecule has 0 bridgehead atoms. The summed E-state index contributed by atoms with van der Waals surface area (Å²) in [5.74, 6) is 2.08. The quantitative estimate of drug-likeness (QED) is 0.422. The molecule has 198 valence electrons. The highest BCUT2D eigenvalue weighted by Crippen LogP contribution is 2.48. The molecule has 2 fully saturated rings. The molecule has 1 N–H and O–H groups in total. The van der Waals surface area contributed by atoms with Crippen molar-refractivity contribution in [1.82, 2.24) is 10.2 Å². The van der Waals surface area contributed by atoms with E-state index in [0.29, 0.717) is 23.3 Å². The molecule has 1 aliphatic heterocycles. The fourth-order valence-corrected chi connectivity index (χ4v) is 7.41. The average Bonchev–Trinajstić information content (AvgIpc) is 2.89. The van der Waals surface area contributed by atoms with E-state index in [9.17, 15) is 8.42 Å². The van der Waals surface area contributed by atoms with Gasteiger partial charge < -0.3 is 15.0 Å². The lowest BCUT2D eigenvalue weighted by atomic mass is 9.61. The Hall–Kier alpha value is -1.89. The Labute approximate surface area is 218 Å². The van der Waals surface area contributed by atoms with Crippen LogP contribution in [0.1, 0.15) is 62.5 Å². The van der Waals surface area contributed by atoms with Crippen molar-refractivity contribution in [3.63, 3.8) is 0 Å². The summed E-state index contributed by atoms with van der Waals surface area (Å²) in [6, 6.07) is 15.8. The molecule has 36 heavy (non-hydrogen) atoms. The van der Waals surface area contributed by atoms with Crippen molar-refractivity contribution in [2.24, 2.45) is 11.8 Å². The summed E-state index contributed by atoms with van der Waals surface area (Å²) in [4.78, 5) is 2.92. The number of sulfone groups is 1. The van der Waals surface area contributed by atoms with E-state index in [4.69, 9.17) is 4.74 Å². The second-order valence-electron chi connectivity index (χ2n) is 10.8. The molecule has 1 unspecified atom stereocenters. The van der Waals surface area contributed by atoms with Crippen molar-refractivity contribution < 1.29 is 13.2 Å². The zero-order chi connectivity index (χ0) is 25.6. The van der Waals surface area contributed by atoms with Gasteiger partial charge in [-0.05, 0) is 106 Å². The highest BCUT2D eigenvalue weighted by molar-refractivity contribution is 7.90. The Morgan fingerprint density at radius 3 is 2.19 bits per heavy atom. The number of aryl methyl sites for hydroxylation is 1. The van der Waals surface area contributed by atoms with Crippen LogP contribution < -0.4 is 10.1 Å². The maximum atomic E-state index is 11.6. The minimum Gasteiger partial charge on any atom is -0.494 e. The van der Waals surface area contributed by atoms with Crippen LogP contribution in [-0.2, 0) is 15.4 Å². The van der Waals surface area contributed by atoms with Gasteiger partial charge in [-0.1, -0.05) is 43.5 Å². The normalized spacial score (nSPS) is 20.2. The fraction of sp³-hybridized carbons (Fsp3) is 0.600. The number of hydrogen-bond donors (Lipinski definition) is 1. The maximum absolute atomic E-state index is 11.6. The smallest absolute Gasteiger partial charge is 0.175 e. The van der Waals surface area contributed by atoms with E-state index < -0.39 is 9.84 Å². The monoisotopic (exact) mass is 512 g/mol. The van der Waals surface area contributed by atoms with Crippen LogP contribution in [-0.4, -0.2) is 52.9 Å². The molecule has 0 spiro atoms. The van der Waals surface area contributed by atoms with Gasteiger partial charge in [-0.15, -0.1) is 0 Å². The first-order chi connectivity index (χ1) is 17.3. The van der Waals surface area contributed by atoms with Crippen molar-refractivity contribution in [3.8, 4) is 5.75 Å². The second-order valence-corrected chi connectivity index (χ2v) is 12.8. The number of hydrogen-bond acceptors (Lipinski definition) is 5. The highest BCUT2D eigenvalue weighted by atomic mass is 32.2. The molecule has 6 heteroatoms. The lowest BCUT2D eigenvalue weighted by molar-refractivity contribution is 0.0469. The Morgan fingerprint density at radius 1 is 0.944 bits per heavy atom. The third-order valence-corrected chi connectivity index (χ3v) is 9.75. The molecule has 0 amide bonds. The van der Waals surface area contributed by atoms with Gasteiger partial charge in [-0.3, -0.25) is 0 Å². The number of likely N-dealkylation sites (tertiary alicyclic amines) is 1. The van der Waals surface area contributed by atoms with Gasteiger partial charge in [0.25, 0.3) is 0 Å². The fourth-order valence-electron chi connectivity index (χ4n) is 6.78. The van der Waals surface area contributed by atoms with E-state index in [1.807, 2.05) is 0 Å². The van der Waals surface area contributed by atoms with Crippen molar-refractivity contribution in [2.75, 3.05) is 39.5 Å². The zero-order valence-electron chi connectivity index (χ0n) is 22.3.